The minimum atomic E-state index is -0.131. The molecule has 4 rings (SSSR count). The van der Waals surface area contributed by atoms with E-state index in [4.69, 9.17) is 9.47 Å². The molecular formula is C27H42O4. The smallest absolute Gasteiger partial charge is 0.305 e. The standard InChI is InChI=1S/C27H42O4/c1-17(6-11-25(29)30-5)22-9-10-23-21-8-7-19-16-20(31-18(2)28)12-14-26(19,3)24(21)13-15-27(22,23)4/h13,17,19-23H,6-12,14-16H2,1-5H3/t17-,19?,20-,21?,22-,23?,26+,27-/m1/s1. The van der Waals surface area contributed by atoms with Crippen molar-refractivity contribution in [3.8, 4) is 0 Å². The van der Waals surface area contributed by atoms with Gasteiger partial charge in [-0.05, 0) is 98.2 Å². The minimum Gasteiger partial charge on any atom is -0.469 e. The number of hydrogen-bond acceptors (Lipinski definition) is 4. The van der Waals surface area contributed by atoms with E-state index in [9.17, 15) is 9.59 Å². The highest BCUT2D eigenvalue weighted by Crippen LogP contribution is 2.66. The van der Waals surface area contributed by atoms with Gasteiger partial charge in [-0.1, -0.05) is 32.4 Å². The quantitative estimate of drug-likeness (QED) is 0.391. The second kappa shape index (κ2) is 8.56. The number of hydrogen-bond donors (Lipinski definition) is 0. The van der Waals surface area contributed by atoms with E-state index in [-0.39, 0.29) is 23.5 Å². The summed E-state index contributed by atoms with van der Waals surface area (Å²) in [7, 11) is 1.49. The van der Waals surface area contributed by atoms with Crippen LogP contribution in [0, 0.1) is 40.4 Å². The van der Waals surface area contributed by atoms with Crippen LogP contribution in [0.15, 0.2) is 11.6 Å². The number of carbonyl (C=O) groups excluding carboxylic acids is 2. The summed E-state index contributed by atoms with van der Waals surface area (Å²) in [4.78, 5) is 23.1. The maximum atomic E-state index is 11.7. The number of rotatable bonds is 5. The van der Waals surface area contributed by atoms with Crippen molar-refractivity contribution >= 4 is 11.9 Å². The summed E-state index contributed by atoms with van der Waals surface area (Å²) in [6, 6.07) is 0. The predicted molar refractivity (Wildman–Crippen MR) is 121 cm³/mol. The number of ether oxygens (including phenoxy) is 2. The predicted octanol–water partition coefficient (Wildman–Crippen LogP) is 6.09. The van der Waals surface area contributed by atoms with E-state index >= 15 is 0 Å². The van der Waals surface area contributed by atoms with Crippen molar-refractivity contribution in [3.05, 3.63) is 11.6 Å². The molecule has 0 bridgehead atoms. The van der Waals surface area contributed by atoms with Crippen LogP contribution in [0.4, 0.5) is 0 Å². The zero-order chi connectivity index (χ0) is 22.4. The third-order valence-electron chi connectivity index (χ3n) is 10.1. The summed E-state index contributed by atoms with van der Waals surface area (Å²) in [6.45, 7) is 8.95. The van der Waals surface area contributed by atoms with Crippen LogP contribution in [-0.4, -0.2) is 25.2 Å². The maximum absolute atomic E-state index is 11.7. The summed E-state index contributed by atoms with van der Waals surface area (Å²) in [6.07, 6.45) is 13.8. The number of esters is 2. The third kappa shape index (κ3) is 3.97. The Morgan fingerprint density at radius 3 is 2.65 bits per heavy atom. The molecule has 8 atom stereocenters. The van der Waals surface area contributed by atoms with Gasteiger partial charge < -0.3 is 9.47 Å². The zero-order valence-corrected chi connectivity index (χ0v) is 20.2. The minimum absolute atomic E-state index is 0.0759. The zero-order valence-electron chi connectivity index (χ0n) is 20.2. The Balaban J connectivity index is 1.50. The van der Waals surface area contributed by atoms with E-state index in [0.29, 0.717) is 29.6 Å². The van der Waals surface area contributed by atoms with E-state index in [1.165, 1.54) is 46.1 Å². The molecule has 4 heteroatoms. The monoisotopic (exact) mass is 430 g/mol. The van der Waals surface area contributed by atoms with Crippen molar-refractivity contribution in [2.75, 3.05) is 7.11 Å². The molecule has 0 spiro atoms. The maximum Gasteiger partial charge on any atom is 0.305 e. The summed E-state index contributed by atoms with van der Waals surface area (Å²) >= 11 is 0. The molecule has 0 aliphatic heterocycles. The second-order valence-electron chi connectivity index (χ2n) is 11.6. The van der Waals surface area contributed by atoms with Crippen LogP contribution in [0.25, 0.3) is 0 Å². The van der Waals surface area contributed by atoms with Gasteiger partial charge in [0.1, 0.15) is 6.10 Å². The Kier molecular flexibility index (Phi) is 6.31. The normalized spacial score (nSPS) is 42.5. The fraction of sp³-hybridized carbons (Fsp3) is 0.852. The van der Waals surface area contributed by atoms with E-state index in [2.05, 4.69) is 26.8 Å². The first kappa shape index (κ1) is 22.9. The Hall–Kier alpha value is -1.32. The molecule has 3 unspecified atom stereocenters. The van der Waals surface area contributed by atoms with Gasteiger partial charge in [0.25, 0.3) is 0 Å². The van der Waals surface area contributed by atoms with Crippen molar-refractivity contribution < 1.29 is 19.1 Å². The van der Waals surface area contributed by atoms with Crippen LogP contribution in [-0.2, 0) is 19.1 Å². The third-order valence-corrected chi connectivity index (χ3v) is 10.1. The first-order valence-corrected chi connectivity index (χ1v) is 12.6. The molecule has 0 aromatic rings. The largest absolute Gasteiger partial charge is 0.469 e. The van der Waals surface area contributed by atoms with Crippen LogP contribution in [0.3, 0.4) is 0 Å². The lowest BCUT2D eigenvalue weighted by Gasteiger charge is -2.57. The van der Waals surface area contributed by atoms with Crippen LogP contribution in [0.2, 0.25) is 0 Å². The van der Waals surface area contributed by atoms with Crippen LogP contribution >= 0.6 is 0 Å². The highest BCUT2D eigenvalue weighted by atomic mass is 16.5. The van der Waals surface area contributed by atoms with Gasteiger partial charge in [0.2, 0.25) is 0 Å². The average Bonchev–Trinajstić information content (AvgIpc) is 3.09. The summed E-state index contributed by atoms with van der Waals surface area (Å²) < 4.78 is 10.5. The molecule has 0 aromatic carbocycles. The number of fused-ring (bicyclic) bond motifs is 5. The summed E-state index contributed by atoms with van der Waals surface area (Å²) in [5.74, 6) is 3.21. The van der Waals surface area contributed by atoms with Gasteiger partial charge in [-0.15, -0.1) is 0 Å². The van der Waals surface area contributed by atoms with E-state index < -0.39 is 0 Å². The van der Waals surface area contributed by atoms with Gasteiger partial charge in [-0.2, -0.15) is 0 Å². The van der Waals surface area contributed by atoms with Crippen LogP contribution < -0.4 is 0 Å². The lowest BCUT2D eigenvalue weighted by Crippen LogP contribution is -2.49. The fourth-order valence-corrected chi connectivity index (χ4v) is 8.45. The Morgan fingerprint density at radius 2 is 1.94 bits per heavy atom. The molecule has 3 fully saturated rings. The number of carbonyl (C=O) groups is 2. The van der Waals surface area contributed by atoms with Gasteiger partial charge in [0.05, 0.1) is 7.11 Å². The molecule has 0 radical (unpaired) electrons. The van der Waals surface area contributed by atoms with E-state index in [1.54, 1.807) is 5.57 Å². The lowest BCUT2D eigenvalue weighted by atomic mass is 9.48. The van der Waals surface area contributed by atoms with Gasteiger partial charge in [-0.25, -0.2) is 0 Å². The van der Waals surface area contributed by atoms with Crippen molar-refractivity contribution in [2.45, 2.75) is 98.0 Å². The van der Waals surface area contributed by atoms with Crippen molar-refractivity contribution in [1.82, 2.24) is 0 Å². The highest BCUT2D eigenvalue weighted by molar-refractivity contribution is 5.69. The van der Waals surface area contributed by atoms with Gasteiger partial charge >= 0.3 is 11.9 Å². The van der Waals surface area contributed by atoms with Crippen molar-refractivity contribution in [1.29, 1.82) is 0 Å². The number of allylic oxidation sites excluding steroid dienone is 2. The molecule has 31 heavy (non-hydrogen) atoms. The van der Waals surface area contributed by atoms with Gasteiger partial charge in [-0.3, -0.25) is 9.59 Å². The Bertz CT molecular complexity index is 742. The molecule has 0 heterocycles. The van der Waals surface area contributed by atoms with E-state index in [1.807, 2.05) is 0 Å². The fourth-order valence-electron chi connectivity index (χ4n) is 8.45. The molecule has 4 aliphatic rings. The topological polar surface area (TPSA) is 52.6 Å². The Morgan fingerprint density at radius 1 is 1.16 bits per heavy atom. The molecule has 0 saturated heterocycles. The molecule has 4 aliphatic carbocycles. The molecule has 174 valence electrons. The second-order valence-corrected chi connectivity index (χ2v) is 11.6. The van der Waals surface area contributed by atoms with Gasteiger partial charge in [0.15, 0.2) is 0 Å². The van der Waals surface area contributed by atoms with Crippen LogP contribution in [0.1, 0.15) is 91.9 Å². The first-order chi connectivity index (χ1) is 14.7. The highest BCUT2D eigenvalue weighted by Gasteiger charge is 2.57. The molecule has 0 amide bonds. The number of methoxy groups -OCH3 is 1. The van der Waals surface area contributed by atoms with Gasteiger partial charge in [0, 0.05) is 13.3 Å². The first-order valence-electron chi connectivity index (χ1n) is 12.6. The molecular weight excluding hydrogens is 388 g/mol. The lowest BCUT2D eigenvalue weighted by molar-refractivity contribution is -0.151. The summed E-state index contributed by atoms with van der Waals surface area (Å²) in [5, 5.41) is 0. The average molecular weight is 431 g/mol. The molecule has 0 aromatic heterocycles. The molecule has 4 nitrogen and oxygen atoms in total. The van der Waals surface area contributed by atoms with Crippen molar-refractivity contribution in [3.63, 3.8) is 0 Å². The molecule has 0 N–H and O–H groups in total. The van der Waals surface area contributed by atoms with Crippen LogP contribution in [0.5, 0.6) is 0 Å². The SMILES string of the molecule is COC(=O)CC[C@@H](C)[C@H]1CCC2C3CCC4C[C@H](OC(C)=O)CC[C@]4(C)C3=CC[C@@]21C. The molecule has 3 saturated carbocycles. The summed E-state index contributed by atoms with van der Waals surface area (Å²) in [5.41, 5.74) is 2.40. The van der Waals surface area contributed by atoms with Crippen molar-refractivity contribution in [2.24, 2.45) is 40.4 Å². The Labute approximate surface area is 188 Å². The van der Waals surface area contributed by atoms with E-state index in [0.717, 1.165) is 37.5 Å².